The number of benzene rings is 1. The van der Waals surface area contributed by atoms with Gasteiger partial charge in [0.1, 0.15) is 0 Å². The molecular weight excluding hydrogens is 366 g/mol. The Hall–Kier alpha value is -2.24. The second-order valence-corrected chi connectivity index (χ2v) is 8.76. The molecule has 1 saturated heterocycles. The van der Waals surface area contributed by atoms with Crippen LogP contribution >= 0.6 is 11.3 Å². The summed E-state index contributed by atoms with van der Waals surface area (Å²) in [6.07, 6.45) is 2.52. The van der Waals surface area contributed by atoms with Crippen molar-refractivity contribution in [1.29, 1.82) is 0 Å². The SMILES string of the molecule is CC(C)C(CNC(=O)c1cc(-c2cccs2)nc2ccccc12)N1CCCC1. The van der Waals surface area contributed by atoms with Crippen molar-refractivity contribution in [2.24, 2.45) is 5.92 Å². The van der Waals surface area contributed by atoms with Crippen LogP contribution in [0.5, 0.6) is 0 Å². The van der Waals surface area contributed by atoms with E-state index in [0.29, 0.717) is 24.1 Å². The molecule has 3 heterocycles. The van der Waals surface area contributed by atoms with Crippen molar-refractivity contribution in [1.82, 2.24) is 15.2 Å². The van der Waals surface area contributed by atoms with Crippen molar-refractivity contribution in [2.45, 2.75) is 32.7 Å². The highest BCUT2D eigenvalue weighted by atomic mass is 32.1. The molecule has 28 heavy (non-hydrogen) atoms. The summed E-state index contributed by atoms with van der Waals surface area (Å²) in [5.41, 5.74) is 2.43. The van der Waals surface area contributed by atoms with E-state index in [1.807, 2.05) is 47.8 Å². The maximum absolute atomic E-state index is 13.2. The van der Waals surface area contributed by atoms with Gasteiger partial charge < -0.3 is 5.32 Å². The van der Waals surface area contributed by atoms with Gasteiger partial charge in [0, 0.05) is 18.0 Å². The van der Waals surface area contributed by atoms with Gasteiger partial charge in [0.25, 0.3) is 5.91 Å². The van der Waals surface area contributed by atoms with E-state index in [2.05, 4.69) is 24.1 Å². The Kier molecular flexibility index (Phi) is 5.74. The highest BCUT2D eigenvalue weighted by Crippen LogP contribution is 2.28. The lowest BCUT2D eigenvalue weighted by molar-refractivity contribution is 0.0929. The number of fused-ring (bicyclic) bond motifs is 1. The molecule has 1 amide bonds. The molecule has 146 valence electrons. The van der Waals surface area contributed by atoms with E-state index in [4.69, 9.17) is 4.98 Å². The average molecular weight is 394 g/mol. The van der Waals surface area contributed by atoms with Gasteiger partial charge in [0.15, 0.2) is 0 Å². The van der Waals surface area contributed by atoms with Gasteiger partial charge in [-0.25, -0.2) is 4.98 Å². The Labute approximate surface area is 170 Å². The smallest absolute Gasteiger partial charge is 0.252 e. The highest BCUT2D eigenvalue weighted by molar-refractivity contribution is 7.13. The topological polar surface area (TPSA) is 45.2 Å². The van der Waals surface area contributed by atoms with E-state index < -0.39 is 0 Å². The fourth-order valence-electron chi connectivity index (χ4n) is 4.07. The quantitative estimate of drug-likeness (QED) is 0.653. The van der Waals surface area contributed by atoms with Gasteiger partial charge in [0.2, 0.25) is 0 Å². The van der Waals surface area contributed by atoms with Gasteiger partial charge >= 0.3 is 0 Å². The number of nitrogens with zero attached hydrogens (tertiary/aromatic N) is 2. The number of carbonyl (C=O) groups excluding carboxylic acids is 1. The fraction of sp³-hybridized carbons (Fsp3) is 0.391. The molecule has 0 bridgehead atoms. The lowest BCUT2D eigenvalue weighted by Gasteiger charge is -2.31. The molecule has 1 atom stereocenters. The second-order valence-electron chi connectivity index (χ2n) is 7.81. The summed E-state index contributed by atoms with van der Waals surface area (Å²) in [7, 11) is 0. The van der Waals surface area contributed by atoms with Gasteiger partial charge in [-0.05, 0) is 55.4 Å². The first-order valence-corrected chi connectivity index (χ1v) is 11.0. The summed E-state index contributed by atoms with van der Waals surface area (Å²) in [5, 5.41) is 6.16. The number of pyridine rings is 1. The number of rotatable bonds is 6. The number of carbonyl (C=O) groups is 1. The number of hydrogen-bond acceptors (Lipinski definition) is 4. The van der Waals surface area contributed by atoms with Crippen LogP contribution in [0.3, 0.4) is 0 Å². The predicted octanol–water partition coefficient (Wildman–Crippen LogP) is 4.81. The number of thiophene rings is 1. The Morgan fingerprint density at radius 1 is 1.18 bits per heavy atom. The fourth-order valence-corrected chi connectivity index (χ4v) is 4.75. The van der Waals surface area contributed by atoms with Crippen LogP contribution in [0.2, 0.25) is 0 Å². The van der Waals surface area contributed by atoms with E-state index in [1.165, 1.54) is 12.8 Å². The Morgan fingerprint density at radius 3 is 2.68 bits per heavy atom. The summed E-state index contributed by atoms with van der Waals surface area (Å²) in [6, 6.07) is 14.3. The number of likely N-dealkylation sites (tertiary alicyclic amines) is 1. The Bertz CT molecular complexity index is 946. The van der Waals surface area contributed by atoms with Crippen molar-refractivity contribution in [3.8, 4) is 10.6 Å². The molecule has 2 aromatic heterocycles. The molecule has 1 aliphatic rings. The second kappa shape index (κ2) is 8.41. The Morgan fingerprint density at radius 2 is 1.96 bits per heavy atom. The van der Waals surface area contributed by atoms with E-state index in [1.54, 1.807) is 11.3 Å². The first-order valence-electron chi connectivity index (χ1n) is 10.1. The summed E-state index contributed by atoms with van der Waals surface area (Å²) in [4.78, 5) is 21.5. The molecule has 4 nitrogen and oxygen atoms in total. The third-order valence-electron chi connectivity index (χ3n) is 5.59. The van der Waals surface area contributed by atoms with Gasteiger partial charge in [-0.1, -0.05) is 38.1 Å². The zero-order valence-electron chi connectivity index (χ0n) is 16.5. The normalized spacial score (nSPS) is 16.0. The van der Waals surface area contributed by atoms with Gasteiger partial charge in [-0.15, -0.1) is 11.3 Å². The van der Waals surface area contributed by atoms with Crippen LogP contribution < -0.4 is 5.32 Å². The minimum Gasteiger partial charge on any atom is -0.350 e. The van der Waals surface area contributed by atoms with Crippen molar-refractivity contribution >= 4 is 28.1 Å². The van der Waals surface area contributed by atoms with Crippen LogP contribution in [-0.2, 0) is 0 Å². The van der Waals surface area contributed by atoms with Crippen molar-refractivity contribution < 1.29 is 4.79 Å². The lowest BCUT2D eigenvalue weighted by atomic mass is 10.0. The first kappa shape index (κ1) is 19.1. The molecule has 1 aromatic carbocycles. The molecule has 1 aliphatic heterocycles. The largest absolute Gasteiger partial charge is 0.350 e. The van der Waals surface area contributed by atoms with E-state index in [-0.39, 0.29) is 5.91 Å². The molecule has 1 unspecified atom stereocenters. The zero-order chi connectivity index (χ0) is 19.5. The first-order chi connectivity index (χ1) is 13.6. The number of hydrogen-bond donors (Lipinski definition) is 1. The molecule has 4 rings (SSSR count). The zero-order valence-corrected chi connectivity index (χ0v) is 17.3. The van der Waals surface area contributed by atoms with Gasteiger partial charge in [-0.2, -0.15) is 0 Å². The van der Waals surface area contributed by atoms with Crippen LogP contribution in [0, 0.1) is 5.92 Å². The molecule has 1 N–H and O–H groups in total. The van der Waals surface area contributed by atoms with E-state index in [9.17, 15) is 4.79 Å². The number of aromatic nitrogens is 1. The van der Waals surface area contributed by atoms with Crippen molar-refractivity contribution in [3.63, 3.8) is 0 Å². The molecule has 5 heteroatoms. The van der Waals surface area contributed by atoms with Crippen LogP contribution in [0.4, 0.5) is 0 Å². The molecule has 0 aliphatic carbocycles. The lowest BCUT2D eigenvalue weighted by Crippen LogP contribution is -2.45. The summed E-state index contributed by atoms with van der Waals surface area (Å²) >= 11 is 1.64. The minimum atomic E-state index is -0.0127. The third kappa shape index (κ3) is 3.96. The van der Waals surface area contributed by atoms with Crippen LogP contribution in [0.1, 0.15) is 37.0 Å². The van der Waals surface area contributed by atoms with Crippen molar-refractivity contribution in [2.75, 3.05) is 19.6 Å². The van der Waals surface area contributed by atoms with E-state index in [0.717, 1.165) is 34.6 Å². The molecule has 0 spiro atoms. The number of para-hydroxylation sites is 1. The summed E-state index contributed by atoms with van der Waals surface area (Å²) in [6.45, 7) is 7.44. The number of nitrogens with one attached hydrogen (secondary N) is 1. The molecular formula is C23H27N3OS. The molecule has 3 aromatic rings. The van der Waals surface area contributed by atoms with Crippen molar-refractivity contribution in [3.05, 3.63) is 53.4 Å². The van der Waals surface area contributed by atoms with Crippen LogP contribution in [0.15, 0.2) is 47.8 Å². The predicted molar refractivity (Wildman–Crippen MR) is 117 cm³/mol. The standard InChI is InChI=1S/C23H27N3OS/c1-16(2)21(26-11-5-6-12-26)15-24-23(27)18-14-20(22-10-7-13-28-22)25-19-9-4-3-8-17(18)19/h3-4,7-10,13-14,16,21H,5-6,11-12,15H2,1-2H3,(H,24,27). The van der Waals surface area contributed by atoms with Crippen LogP contribution in [-0.4, -0.2) is 41.5 Å². The third-order valence-corrected chi connectivity index (χ3v) is 6.48. The summed E-state index contributed by atoms with van der Waals surface area (Å²) in [5.74, 6) is 0.496. The van der Waals surface area contributed by atoms with Gasteiger partial charge in [0.05, 0.1) is 21.7 Å². The molecule has 0 radical (unpaired) electrons. The Balaban J connectivity index is 1.61. The van der Waals surface area contributed by atoms with E-state index >= 15 is 0 Å². The average Bonchev–Trinajstić information content (AvgIpc) is 3.41. The molecule has 0 saturated carbocycles. The highest BCUT2D eigenvalue weighted by Gasteiger charge is 2.25. The van der Waals surface area contributed by atoms with Gasteiger partial charge in [-0.3, -0.25) is 9.69 Å². The number of amides is 1. The van der Waals surface area contributed by atoms with Crippen LogP contribution in [0.25, 0.3) is 21.5 Å². The molecule has 1 fully saturated rings. The minimum absolute atomic E-state index is 0.0127. The maximum atomic E-state index is 13.2. The summed E-state index contributed by atoms with van der Waals surface area (Å²) < 4.78 is 0. The maximum Gasteiger partial charge on any atom is 0.252 e. The monoisotopic (exact) mass is 393 g/mol.